The summed E-state index contributed by atoms with van der Waals surface area (Å²) in [5.74, 6) is 1.34. The Morgan fingerprint density at radius 3 is 2.27 bits per heavy atom. The standard InChI is InChI=1S/C26H35N5OS/c1-7-23(30(5)6)24-28-29-26(31(24)17-20-11-9-8-10-12-20)33-19(4)25(32)27-22-15-13-21(14-16-22)18(2)3/h8-16,18-19,23H,7,17H2,1-6H3,(H,27,32). The molecule has 0 bridgehead atoms. The third-order valence-electron chi connectivity index (χ3n) is 5.73. The molecule has 0 aliphatic heterocycles. The summed E-state index contributed by atoms with van der Waals surface area (Å²) in [6.45, 7) is 9.05. The number of hydrogen-bond acceptors (Lipinski definition) is 5. The lowest BCUT2D eigenvalue weighted by molar-refractivity contribution is -0.115. The summed E-state index contributed by atoms with van der Waals surface area (Å²) >= 11 is 1.44. The number of thioether (sulfide) groups is 1. The van der Waals surface area contributed by atoms with Crippen LogP contribution in [0.25, 0.3) is 0 Å². The van der Waals surface area contributed by atoms with Gasteiger partial charge in [-0.1, -0.05) is 75.0 Å². The number of carbonyl (C=O) groups is 1. The van der Waals surface area contributed by atoms with Crippen molar-refractivity contribution < 1.29 is 4.79 Å². The smallest absolute Gasteiger partial charge is 0.237 e. The van der Waals surface area contributed by atoms with Crippen LogP contribution in [0, 0.1) is 0 Å². The highest BCUT2D eigenvalue weighted by Gasteiger charge is 2.25. The van der Waals surface area contributed by atoms with Gasteiger partial charge >= 0.3 is 0 Å². The molecule has 7 heteroatoms. The number of nitrogens with zero attached hydrogens (tertiary/aromatic N) is 4. The fourth-order valence-corrected chi connectivity index (χ4v) is 4.59. The Morgan fingerprint density at radius 1 is 1.03 bits per heavy atom. The second-order valence-electron chi connectivity index (χ2n) is 8.83. The molecule has 0 saturated carbocycles. The number of nitrogens with one attached hydrogen (secondary N) is 1. The number of aromatic nitrogens is 3. The van der Waals surface area contributed by atoms with Crippen LogP contribution in [0.4, 0.5) is 5.69 Å². The largest absolute Gasteiger partial charge is 0.325 e. The second-order valence-corrected chi connectivity index (χ2v) is 10.1. The van der Waals surface area contributed by atoms with Gasteiger partial charge < -0.3 is 9.88 Å². The molecule has 1 amide bonds. The lowest BCUT2D eigenvalue weighted by atomic mass is 10.0. The summed E-state index contributed by atoms with van der Waals surface area (Å²) in [5.41, 5.74) is 3.24. The summed E-state index contributed by atoms with van der Waals surface area (Å²) in [6, 6.07) is 18.5. The van der Waals surface area contributed by atoms with Gasteiger partial charge in [-0.15, -0.1) is 10.2 Å². The van der Waals surface area contributed by atoms with Crippen LogP contribution in [-0.2, 0) is 11.3 Å². The fourth-order valence-electron chi connectivity index (χ4n) is 3.73. The lowest BCUT2D eigenvalue weighted by Gasteiger charge is -2.23. The molecule has 3 aromatic rings. The minimum Gasteiger partial charge on any atom is -0.325 e. The van der Waals surface area contributed by atoms with Crippen molar-refractivity contribution in [2.45, 2.75) is 63.0 Å². The SMILES string of the molecule is CCC(c1nnc(SC(C)C(=O)Nc2ccc(C(C)C)cc2)n1Cc1ccccc1)N(C)C. The molecule has 1 heterocycles. The fraction of sp³-hybridized carbons (Fsp3) is 0.423. The van der Waals surface area contributed by atoms with Gasteiger partial charge in [-0.3, -0.25) is 9.69 Å². The molecule has 33 heavy (non-hydrogen) atoms. The molecular formula is C26H35N5OS. The Morgan fingerprint density at radius 2 is 1.70 bits per heavy atom. The monoisotopic (exact) mass is 465 g/mol. The van der Waals surface area contributed by atoms with Gasteiger partial charge in [0.2, 0.25) is 5.91 Å². The van der Waals surface area contributed by atoms with Gasteiger partial charge in [0, 0.05) is 5.69 Å². The van der Waals surface area contributed by atoms with Crippen molar-refractivity contribution in [1.29, 1.82) is 0 Å². The molecule has 1 N–H and O–H groups in total. The normalized spacial score (nSPS) is 13.3. The van der Waals surface area contributed by atoms with Crippen molar-refractivity contribution in [2.75, 3.05) is 19.4 Å². The number of anilines is 1. The number of hydrogen-bond donors (Lipinski definition) is 1. The van der Waals surface area contributed by atoms with Crippen LogP contribution >= 0.6 is 11.8 Å². The quantitative estimate of drug-likeness (QED) is 0.396. The zero-order valence-corrected chi connectivity index (χ0v) is 21.3. The third kappa shape index (κ3) is 6.45. The highest BCUT2D eigenvalue weighted by molar-refractivity contribution is 8.00. The molecule has 0 aliphatic rings. The van der Waals surface area contributed by atoms with Crippen molar-refractivity contribution in [1.82, 2.24) is 19.7 Å². The molecule has 2 unspecified atom stereocenters. The number of benzene rings is 2. The van der Waals surface area contributed by atoms with Crippen molar-refractivity contribution in [3.63, 3.8) is 0 Å². The molecule has 3 rings (SSSR count). The average Bonchev–Trinajstić information content (AvgIpc) is 3.16. The first-order chi connectivity index (χ1) is 15.8. The zero-order chi connectivity index (χ0) is 24.0. The highest BCUT2D eigenvalue weighted by Crippen LogP contribution is 2.29. The maximum atomic E-state index is 12.9. The molecule has 2 atom stereocenters. The first-order valence-electron chi connectivity index (χ1n) is 11.5. The molecule has 1 aromatic heterocycles. The molecule has 2 aromatic carbocycles. The second kappa shape index (κ2) is 11.5. The van der Waals surface area contributed by atoms with Gasteiger partial charge in [-0.25, -0.2) is 0 Å². The summed E-state index contributed by atoms with van der Waals surface area (Å²) in [4.78, 5) is 15.1. The van der Waals surface area contributed by atoms with Crippen LogP contribution in [0.2, 0.25) is 0 Å². The van der Waals surface area contributed by atoms with Crippen molar-refractivity contribution >= 4 is 23.4 Å². The van der Waals surface area contributed by atoms with E-state index < -0.39 is 0 Å². The van der Waals surface area contributed by atoms with E-state index in [0.29, 0.717) is 12.5 Å². The van der Waals surface area contributed by atoms with Crippen LogP contribution in [0.5, 0.6) is 0 Å². The van der Waals surface area contributed by atoms with Crippen LogP contribution < -0.4 is 5.32 Å². The Labute approximate surface area is 201 Å². The predicted octanol–water partition coefficient (Wildman–Crippen LogP) is 5.58. The van der Waals surface area contributed by atoms with Crippen LogP contribution in [0.3, 0.4) is 0 Å². The molecule has 6 nitrogen and oxygen atoms in total. The molecule has 0 spiro atoms. The van der Waals surface area contributed by atoms with Crippen LogP contribution in [-0.4, -0.2) is 44.9 Å². The molecular weight excluding hydrogens is 430 g/mol. The van der Waals surface area contributed by atoms with E-state index in [1.807, 2.05) is 37.3 Å². The maximum absolute atomic E-state index is 12.9. The van der Waals surface area contributed by atoms with E-state index in [-0.39, 0.29) is 17.2 Å². The van der Waals surface area contributed by atoms with Gasteiger partial charge in [0.25, 0.3) is 0 Å². The molecule has 0 aliphatic carbocycles. The Kier molecular flexibility index (Phi) is 8.69. The number of rotatable bonds is 10. The lowest BCUT2D eigenvalue weighted by Crippen LogP contribution is -2.25. The van der Waals surface area contributed by atoms with Gasteiger partial charge in [0.05, 0.1) is 17.8 Å². The van der Waals surface area contributed by atoms with Crippen LogP contribution in [0.1, 0.15) is 63.0 Å². The molecule has 0 fully saturated rings. The minimum absolute atomic E-state index is 0.0484. The van der Waals surface area contributed by atoms with Crippen LogP contribution in [0.15, 0.2) is 59.8 Å². The van der Waals surface area contributed by atoms with Crippen molar-refractivity contribution in [3.8, 4) is 0 Å². The van der Waals surface area contributed by atoms with E-state index in [4.69, 9.17) is 0 Å². The Bertz CT molecular complexity index is 1030. The topological polar surface area (TPSA) is 63.1 Å². The highest BCUT2D eigenvalue weighted by atomic mass is 32.2. The third-order valence-corrected chi connectivity index (χ3v) is 6.81. The molecule has 176 valence electrons. The predicted molar refractivity (Wildman–Crippen MR) is 137 cm³/mol. The Hall–Kier alpha value is -2.64. The van der Waals surface area contributed by atoms with E-state index in [1.54, 1.807) is 0 Å². The van der Waals surface area contributed by atoms with E-state index >= 15 is 0 Å². The van der Waals surface area contributed by atoms with Gasteiger partial charge in [-0.05, 0) is 56.6 Å². The van der Waals surface area contributed by atoms with E-state index in [0.717, 1.165) is 23.1 Å². The van der Waals surface area contributed by atoms with Gasteiger partial charge in [-0.2, -0.15) is 0 Å². The van der Waals surface area contributed by atoms with Crippen molar-refractivity contribution in [2.24, 2.45) is 0 Å². The minimum atomic E-state index is -0.319. The Balaban J connectivity index is 1.79. The maximum Gasteiger partial charge on any atom is 0.237 e. The first kappa shape index (κ1) is 25.0. The number of carbonyl (C=O) groups excluding carboxylic acids is 1. The first-order valence-corrected chi connectivity index (χ1v) is 12.4. The van der Waals surface area contributed by atoms with E-state index in [1.165, 1.54) is 22.9 Å². The summed E-state index contributed by atoms with van der Waals surface area (Å²) in [6.07, 6.45) is 0.924. The summed E-state index contributed by atoms with van der Waals surface area (Å²) in [7, 11) is 4.12. The molecule has 0 radical (unpaired) electrons. The van der Waals surface area contributed by atoms with Gasteiger partial charge in [0.1, 0.15) is 0 Å². The zero-order valence-electron chi connectivity index (χ0n) is 20.4. The average molecular weight is 466 g/mol. The summed E-state index contributed by atoms with van der Waals surface area (Å²) in [5, 5.41) is 12.5. The summed E-state index contributed by atoms with van der Waals surface area (Å²) < 4.78 is 2.15. The van der Waals surface area contributed by atoms with Gasteiger partial charge in [0.15, 0.2) is 11.0 Å². The molecule has 0 saturated heterocycles. The number of amides is 1. The van der Waals surface area contributed by atoms with E-state index in [9.17, 15) is 4.79 Å². The van der Waals surface area contributed by atoms with Crippen molar-refractivity contribution in [3.05, 3.63) is 71.5 Å². The van der Waals surface area contributed by atoms with E-state index in [2.05, 4.69) is 84.1 Å².